The minimum Gasteiger partial charge on any atom is -0.377 e. The van der Waals surface area contributed by atoms with Crippen molar-refractivity contribution in [2.45, 2.75) is 13.3 Å². The zero-order chi connectivity index (χ0) is 6.95. The molecule has 2 nitrogen and oxygen atoms in total. The Kier molecular flexibility index (Phi) is 7.37. The van der Waals surface area contributed by atoms with Gasteiger partial charge in [0.1, 0.15) is 0 Å². The Bertz CT molecular complexity index is 71.3. The van der Waals surface area contributed by atoms with Crippen molar-refractivity contribution in [3.05, 3.63) is 12.2 Å². The van der Waals surface area contributed by atoms with Crippen LogP contribution < -0.4 is 5.73 Å². The van der Waals surface area contributed by atoms with E-state index in [1.165, 1.54) is 0 Å². The second-order valence-corrected chi connectivity index (χ2v) is 1.79. The molecule has 0 aromatic heterocycles. The first-order valence-electron chi connectivity index (χ1n) is 3.30. The Morgan fingerprint density at radius 2 is 2.33 bits per heavy atom. The van der Waals surface area contributed by atoms with E-state index in [9.17, 15) is 0 Å². The van der Waals surface area contributed by atoms with E-state index < -0.39 is 0 Å². The zero-order valence-corrected chi connectivity index (χ0v) is 5.97. The monoisotopic (exact) mass is 129 g/mol. The Balaban J connectivity index is 2.75. The molecule has 2 heteroatoms. The number of ether oxygens (including phenoxy) is 1. The van der Waals surface area contributed by atoms with Crippen LogP contribution in [-0.4, -0.2) is 19.8 Å². The molecule has 0 radical (unpaired) electrons. The van der Waals surface area contributed by atoms with E-state index in [4.69, 9.17) is 10.5 Å². The summed E-state index contributed by atoms with van der Waals surface area (Å²) < 4.78 is 5.15. The van der Waals surface area contributed by atoms with Crippen molar-refractivity contribution in [2.24, 2.45) is 5.73 Å². The SMILES string of the molecule is C/C=C/COCCCN. The van der Waals surface area contributed by atoms with E-state index in [1.54, 1.807) is 0 Å². The van der Waals surface area contributed by atoms with Crippen molar-refractivity contribution >= 4 is 0 Å². The number of hydrogen-bond donors (Lipinski definition) is 1. The normalized spacial score (nSPS) is 10.9. The van der Waals surface area contributed by atoms with Crippen molar-refractivity contribution in [3.8, 4) is 0 Å². The summed E-state index contributed by atoms with van der Waals surface area (Å²) in [5.41, 5.74) is 5.25. The van der Waals surface area contributed by atoms with Gasteiger partial charge in [0.05, 0.1) is 6.61 Å². The lowest BCUT2D eigenvalue weighted by Crippen LogP contribution is -2.03. The van der Waals surface area contributed by atoms with Gasteiger partial charge >= 0.3 is 0 Å². The predicted octanol–water partition coefficient (Wildman–Crippen LogP) is 0.928. The fourth-order valence-corrected chi connectivity index (χ4v) is 0.433. The highest BCUT2D eigenvalue weighted by Crippen LogP contribution is 1.80. The molecule has 0 bridgehead atoms. The first-order chi connectivity index (χ1) is 4.41. The molecule has 9 heavy (non-hydrogen) atoms. The third-order valence-electron chi connectivity index (χ3n) is 0.943. The molecule has 54 valence electrons. The smallest absolute Gasteiger partial charge is 0.0647 e. The third-order valence-corrected chi connectivity index (χ3v) is 0.943. The molecule has 0 rings (SSSR count). The fraction of sp³-hybridized carbons (Fsp3) is 0.714. The molecule has 0 aromatic rings. The highest BCUT2D eigenvalue weighted by Gasteiger charge is 1.80. The standard InChI is InChI=1S/C7H15NO/c1-2-3-6-9-7-4-5-8/h2-3H,4-8H2,1H3/b3-2+. The summed E-state index contributed by atoms with van der Waals surface area (Å²) in [6.45, 7) is 4.19. The van der Waals surface area contributed by atoms with Crippen LogP contribution in [0.4, 0.5) is 0 Å². The van der Waals surface area contributed by atoms with Crippen LogP contribution in [0.1, 0.15) is 13.3 Å². The van der Waals surface area contributed by atoms with Gasteiger partial charge in [-0.2, -0.15) is 0 Å². The summed E-state index contributed by atoms with van der Waals surface area (Å²) >= 11 is 0. The number of hydrogen-bond acceptors (Lipinski definition) is 2. The molecule has 0 amide bonds. The molecule has 0 aliphatic carbocycles. The van der Waals surface area contributed by atoms with Gasteiger partial charge in [0, 0.05) is 6.61 Å². The minimum absolute atomic E-state index is 0.718. The van der Waals surface area contributed by atoms with Gasteiger partial charge in [-0.25, -0.2) is 0 Å². The van der Waals surface area contributed by atoms with Gasteiger partial charge in [-0.15, -0.1) is 0 Å². The molecule has 2 N–H and O–H groups in total. The lowest BCUT2D eigenvalue weighted by atomic mass is 10.5. The molecule has 0 saturated heterocycles. The minimum atomic E-state index is 0.718. The number of rotatable bonds is 5. The molecule has 0 spiro atoms. The van der Waals surface area contributed by atoms with Gasteiger partial charge in [-0.05, 0) is 19.9 Å². The lowest BCUT2D eigenvalue weighted by molar-refractivity contribution is 0.161. The highest BCUT2D eigenvalue weighted by atomic mass is 16.5. The van der Waals surface area contributed by atoms with E-state index in [-0.39, 0.29) is 0 Å². The summed E-state index contributed by atoms with van der Waals surface area (Å²) in [4.78, 5) is 0. The molecule has 0 aromatic carbocycles. The Morgan fingerprint density at radius 3 is 2.89 bits per heavy atom. The lowest BCUT2D eigenvalue weighted by Gasteiger charge is -1.96. The molecule has 0 aliphatic rings. The zero-order valence-electron chi connectivity index (χ0n) is 5.97. The molecular formula is C7H15NO. The third kappa shape index (κ3) is 7.66. The maximum Gasteiger partial charge on any atom is 0.0647 e. The van der Waals surface area contributed by atoms with Crippen molar-refractivity contribution in [1.82, 2.24) is 0 Å². The fourth-order valence-electron chi connectivity index (χ4n) is 0.433. The summed E-state index contributed by atoms with van der Waals surface area (Å²) in [5.74, 6) is 0. The van der Waals surface area contributed by atoms with Gasteiger partial charge in [0.25, 0.3) is 0 Å². The molecule has 0 aliphatic heterocycles. The maximum absolute atomic E-state index is 5.25. The van der Waals surface area contributed by atoms with Gasteiger partial charge in [-0.1, -0.05) is 12.2 Å². The van der Waals surface area contributed by atoms with Crippen LogP contribution in [0, 0.1) is 0 Å². The molecule has 0 saturated carbocycles. The van der Waals surface area contributed by atoms with Gasteiger partial charge in [-0.3, -0.25) is 0 Å². The topological polar surface area (TPSA) is 35.2 Å². The average molecular weight is 129 g/mol. The maximum atomic E-state index is 5.25. The van der Waals surface area contributed by atoms with E-state index in [1.807, 2.05) is 19.1 Å². The van der Waals surface area contributed by atoms with Crippen LogP contribution in [0.3, 0.4) is 0 Å². The van der Waals surface area contributed by atoms with Crippen LogP contribution in [0.2, 0.25) is 0 Å². The molecular weight excluding hydrogens is 114 g/mol. The van der Waals surface area contributed by atoms with Crippen LogP contribution in [0.5, 0.6) is 0 Å². The summed E-state index contributed by atoms with van der Waals surface area (Å²) in [6, 6.07) is 0. The van der Waals surface area contributed by atoms with E-state index in [0.29, 0.717) is 0 Å². The van der Waals surface area contributed by atoms with Gasteiger partial charge in [0.15, 0.2) is 0 Å². The summed E-state index contributed by atoms with van der Waals surface area (Å²) in [7, 11) is 0. The molecule has 0 unspecified atom stereocenters. The van der Waals surface area contributed by atoms with E-state index in [2.05, 4.69) is 0 Å². The molecule has 0 heterocycles. The van der Waals surface area contributed by atoms with Crippen LogP contribution in [-0.2, 0) is 4.74 Å². The van der Waals surface area contributed by atoms with Crippen LogP contribution in [0.25, 0.3) is 0 Å². The van der Waals surface area contributed by atoms with Crippen molar-refractivity contribution in [2.75, 3.05) is 19.8 Å². The van der Waals surface area contributed by atoms with E-state index in [0.717, 1.165) is 26.2 Å². The highest BCUT2D eigenvalue weighted by molar-refractivity contribution is 4.75. The Labute approximate surface area is 56.7 Å². The summed E-state index contributed by atoms with van der Waals surface area (Å²) in [6.07, 6.45) is 4.91. The van der Waals surface area contributed by atoms with Crippen LogP contribution in [0.15, 0.2) is 12.2 Å². The average Bonchev–Trinajstić information content (AvgIpc) is 1.89. The Morgan fingerprint density at radius 1 is 1.56 bits per heavy atom. The number of nitrogens with two attached hydrogens (primary N) is 1. The van der Waals surface area contributed by atoms with Crippen LogP contribution >= 0.6 is 0 Å². The van der Waals surface area contributed by atoms with Gasteiger partial charge < -0.3 is 10.5 Å². The largest absolute Gasteiger partial charge is 0.377 e. The number of allylic oxidation sites excluding steroid dienone is 1. The van der Waals surface area contributed by atoms with Crippen molar-refractivity contribution in [3.63, 3.8) is 0 Å². The first-order valence-corrected chi connectivity index (χ1v) is 3.30. The second kappa shape index (κ2) is 7.66. The molecule has 0 atom stereocenters. The first kappa shape index (κ1) is 8.66. The Hall–Kier alpha value is -0.340. The van der Waals surface area contributed by atoms with E-state index >= 15 is 0 Å². The van der Waals surface area contributed by atoms with Gasteiger partial charge in [0.2, 0.25) is 0 Å². The summed E-state index contributed by atoms with van der Waals surface area (Å²) in [5, 5.41) is 0. The second-order valence-electron chi connectivity index (χ2n) is 1.79. The van der Waals surface area contributed by atoms with Crippen molar-refractivity contribution in [1.29, 1.82) is 0 Å². The van der Waals surface area contributed by atoms with Crippen molar-refractivity contribution < 1.29 is 4.74 Å². The molecule has 0 fully saturated rings. The quantitative estimate of drug-likeness (QED) is 0.442. The predicted molar refractivity (Wildman–Crippen MR) is 39.3 cm³/mol.